The van der Waals surface area contributed by atoms with Gasteiger partial charge in [-0.2, -0.15) is 0 Å². The molecular weight excluding hydrogens is 230 g/mol. The third kappa shape index (κ3) is 3.60. The van der Waals surface area contributed by atoms with Crippen molar-refractivity contribution in [1.29, 1.82) is 0 Å². The molecule has 0 bridgehead atoms. The fraction of sp³-hybridized carbons (Fsp3) is 0.667. The highest BCUT2D eigenvalue weighted by atomic mass is 14.7. The molecule has 106 valence electrons. The van der Waals surface area contributed by atoms with Crippen molar-refractivity contribution in [3.8, 4) is 0 Å². The van der Waals surface area contributed by atoms with Gasteiger partial charge in [-0.1, -0.05) is 57.9 Å². The highest BCUT2D eigenvalue weighted by molar-refractivity contribution is 5.27. The largest absolute Gasteiger partial charge is 0.324 e. The number of hydrogen-bond acceptors (Lipinski definition) is 1. The van der Waals surface area contributed by atoms with Gasteiger partial charge in [0.25, 0.3) is 0 Å². The molecular formula is C18H29N. The maximum atomic E-state index is 6.47. The van der Waals surface area contributed by atoms with Crippen molar-refractivity contribution in [2.24, 2.45) is 17.6 Å². The molecule has 2 N–H and O–H groups in total. The van der Waals surface area contributed by atoms with Crippen LogP contribution in [0.2, 0.25) is 0 Å². The predicted octanol–water partition coefficient (Wildman–Crippen LogP) is 5.03. The summed E-state index contributed by atoms with van der Waals surface area (Å²) in [6.45, 7) is 6.90. The topological polar surface area (TPSA) is 26.0 Å². The van der Waals surface area contributed by atoms with Crippen molar-refractivity contribution in [2.75, 3.05) is 0 Å². The van der Waals surface area contributed by atoms with E-state index in [9.17, 15) is 0 Å². The van der Waals surface area contributed by atoms with Crippen LogP contribution in [0, 0.1) is 11.8 Å². The molecule has 1 nitrogen and oxygen atoms in total. The Balaban J connectivity index is 2.01. The molecule has 1 aromatic rings. The van der Waals surface area contributed by atoms with Crippen LogP contribution in [-0.2, 0) is 0 Å². The Morgan fingerprint density at radius 1 is 1.05 bits per heavy atom. The first-order valence-corrected chi connectivity index (χ1v) is 7.97. The molecule has 0 spiro atoms. The van der Waals surface area contributed by atoms with Crippen LogP contribution in [0.15, 0.2) is 24.3 Å². The average Bonchev–Trinajstić information content (AvgIpc) is 2.46. The molecule has 0 amide bonds. The second-order valence-electron chi connectivity index (χ2n) is 6.52. The van der Waals surface area contributed by atoms with Gasteiger partial charge >= 0.3 is 0 Å². The molecule has 0 aliphatic heterocycles. The van der Waals surface area contributed by atoms with Gasteiger partial charge in [0, 0.05) is 6.04 Å². The van der Waals surface area contributed by atoms with Gasteiger partial charge in [0.05, 0.1) is 0 Å². The van der Waals surface area contributed by atoms with Crippen LogP contribution >= 0.6 is 0 Å². The highest BCUT2D eigenvalue weighted by Crippen LogP contribution is 2.35. The summed E-state index contributed by atoms with van der Waals surface area (Å²) < 4.78 is 0. The summed E-state index contributed by atoms with van der Waals surface area (Å²) in [4.78, 5) is 0. The SMILES string of the molecule is CCC(C)c1ccc(C(N)C2CCC(C)CC2)cc1. The van der Waals surface area contributed by atoms with Gasteiger partial charge in [-0.15, -0.1) is 0 Å². The molecule has 2 rings (SSSR count). The average molecular weight is 259 g/mol. The molecule has 0 heterocycles. The van der Waals surface area contributed by atoms with Gasteiger partial charge in [-0.25, -0.2) is 0 Å². The minimum Gasteiger partial charge on any atom is -0.324 e. The van der Waals surface area contributed by atoms with Crippen molar-refractivity contribution < 1.29 is 0 Å². The summed E-state index contributed by atoms with van der Waals surface area (Å²) in [6, 6.07) is 9.29. The van der Waals surface area contributed by atoms with Crippen molar-refractivity contribution >= 4 is 0 Å². The number of nitrogens with two attached hydrogens (primary N) is 1. The van der Waals surface area contributed by atoms with Crippen LogP contribution in [0.4, 0.5) is 0 Å². The minimum atomic E-state index is 0.235. The minimum absolute atomic E-state index is 0.235. The van der Waals surface area contributed by atoms with Gasteiger partial charge in [-0.3, -0.25) is 0 Å². The second kappa shape index (κ2) is 6.56. The van der Waals surface area contributed by atoms with Crippen molar-refractivity contribution in [1.82, 2.24) is 0 Å². The quantitative estimate of drug-likeness (QED) is 0.806. The zero-order valence-corrected chi connectivity index (χ0v) is 12.7. The van der Waals surface area contributed by atoms with Gasteiger partial charge in [-0.05, 0) is 48.1 Å². The zero-order valence-electron chi connectivity index (χ0n) is 12.7. The Hall–Kier alpha value is -0.820. The second-order valence-corrected chi connectivity index (χ2v) is 6.52. The molecule has 2 unspecified atom stereocenters. The first kappa shape index (κ1) is 14.6. The Morgan fingerprint density at radius 3 is 2.11 bits per heavy atom. The van der Waals surface area contributed by atoms with Crippen LogP contribution in [0.5, 0.6) is 0 Å². The third-order valence-electron chi connectivity index (χ3n) is 5.07. The lowest BCUT2D eigenvalue weighted by Crippen LogP contribution is -2.25. The van der Waals surface area contributed by atoms with Crippen LogP contribution in [0.25, 0.3) is 0 Å². The Labute approximate surface area is 118 Å². The van der Waals surface area contributed by atoms with E-state index in [0.717, 1.165) is 5.92 Å². The van der Waals surface area contributed by atoms with E-state index in [4.69, 9.17) is 5.73 Å². The fourth-order valence-electron chi connectivity index (χ4n) is 3.20. The van der Waals surface area contributed by atoms with E-state index in [1.54, 1.807) is 0 Å². The Morgan fingerprint density at radius 2 is 1.58 bits per heavy atom. The fourth-order valence-corrected chi connectivity index (χ4v) is 3.20. The number of benzene rings is 1. The summed E-state index contributed by atoms with van der Waals surface area (Å²) in [5.41, 5.74) is 9.24. The van der Waals surface area contributed by atoms with Crippen LogP contribution in [0.3, 0.4) is 0 Å². The zero-order chi connectivity index (χ0) is 13.8. The van der Waals surface area contributed by atoms with Crippen LogP contribution in [0.1, 0.15) is 76.0 Å². The molecule has 2 atom stereocenters. The maximum absolute atomic E-state index is 6.47. The standard InChI is InChI=1S/C18H29N/c1-4-14(3)15-9-11-17(12-10-15)18(19)16-7-5-13(2)6-8-16/h9-14,16,18H,4-8,19H2,1-3H3. The van der Waals surface area contributed by atoms with Gasteiger partial charge < -0.3 is 5.73 Å². The monoisotopic (exact) mass is 259 g/mol. The van der Waals surface area contributed by atoms with Crippen molar-refractivity contribution in [2.45, 2.75) is 64.8 Å². The molecule has 1 saturated carbocycles. The van der Waals surface area contributed by atoms with Crippen molar-refractivity contribution in [3.63, 3.8) is 0 Å². The molecule has 1 aliphatic rings. The Kier molecular flexibility index (Phi) is 5.04. The number of rotatable bonds is 4. The number of hydrogen-bond donors (Lipinski definition) is 1. The smallest absolute Gasteiger partial charge is 0.0323 e. The third-order valence-corrected chi connectivity index (χ3v) is 5.07. The molecule has 19 heavy (non-hydrogen) atoms. The molecule has 0 saturated heterocycles. The van der Waals surface area contributed by atoms with E-state index in [2.05, 4.69) is 45.0 Å². The van der Waals surface area contributed by atoms with Gasteiger partial charge in [0.15, 0.2) is 0 Å². The summed E-state index contributed by atoms with van der Waals surface area (Å²) in [5.74, 6) is 2.24. The lowest BCUT2D eigenvalue weighted by molar-refractivity contribution is 0.256. The summed E-state index contributed by atoms with van der Waals surface area (Å²) >= 11 is 0. The Bertz CT molecular complexity index is 373. The summed E-state index contributed by atoms with van der Waals surface area (Å²) in [7, 11) is 0. The van der Waals surface area contributed by atoms with E-state index in [-0.39, 0.29) is 6.04 Å². The lowest BCUT2D eigenvalue weighted by Gasteiger charge is -2.31. The molecule has 1 aromatic carbocycles. The van der Waals surface area contributed by atoms with E-state index < -0.39 is 0 Å². The van der Waals surface area contributed by atoms with E-state index >= 15 is 0 Å². The lowest BCUT2D eigenvalue weighted by atomic mass is 9.77. The molecule has 1 fully saturated rings. The van der Waals surface area contributed by atoms with Crippen molar-refractivity contribution in [3.05, 3.63) is 35.4 Å². The molecule has 0 radical (unpaired) electrons. The summed E-state index contributed by atoms with van der Waals surface area (Å²) in [5, 5.41) is 0. The summed E-state index contributed by atoms with van der Waals surface area (Å²) in [6.07, 6.45) is 6.50. The van der Waals surface area contributed by atoms with E-state index in [0.29, 0.717) is 11.8 Å². The van der Waals surface area contributed by atoms with Crippen LogP contribution < -0.4 is 5.73 Å². The molecule has 0 aromatic heterocycles. The molecule has 1 aliphatic carbocycles. The molecule has 1 heteroatoms. The van der Waals surface area contributed by atoms with E-state index in [1.807, 2.05) is 0 Å². The van der Waals surface area contributed by atoms with Gasteiger partial charge in [0.2, 0.25) is 0 Å². The van der Waals surface area contributed by atoms with E-state index in [1.165, 1.54) is 43.2 Å². The first-order valence-electron chi connectivity index (χ1n) is 7.97. The maximum Gasteiger partial charge on any atom is 0.0323 e. The normalized spacial score (nSPS) is 26.9. The first-order chi connectivity index (χ1) is 9.11. The van der Waals surface area contributed by atoms with Gasteiger partial charge in [0.1, 0.15) is 0 Å². The predicted molar refractivity (Wildman–Crippen MR) is 83.2 cm³/mol. The van der Waals surface area contributed by atoms with Crippen LogP contribution in [-0.4, -0.2) is 0 Å². The highest BCUT2D eigenvalue weighted by Gasteiger charge is 2.24.